The van der Waals surface area contributed by atoms with E-state index >= 15 is 0 Å². The number of benzene rings is 2. The van der Waals surface area contributed by atoms with Crippen molar-refractivity contribution in [3.8, 4) is 11.8 Å². The number of alkyl halides is 3. The maximum Gasteiger partial charge on any atom is 0.430 e. The zero-order chi connectivity index (χ0) is 29.7. The number of nitrogens with zero attached hydrogens (tertiary/aromatic N) is 2. The first-order valence-electron chi connectivity index (χ1n) is 12.5. The van der Waals surface area contributed by atoms with Crippen LogP contribution in [0.15, 0.2) is 42.5 Å². The third-order valence-corrected chi connectivity index (χ3v) is 7.36. The van der Waals surface area contributed by atoms with Crippen molar-refractivity contribution in [2.24, 2.45) is 5.41 Å². The molecule has 0 aliphatic carbocycles. The van der Waals surface area contributed by atoms with Gasteiger partial charge >= 0.3 is 12.1 Å². The number of carbonyl (C=O) groups excluding carboxylic acids is 2. The van der Waals surface area contributed by atoms with Crippen LogP contribution in [0.5, 0.6) is 5.75 Å². The van der Waals surface area contributed by atoms with Crippen LogP contribution < -0.4 is 4.74 Å². The van der Waals surface area contributed by atoms with E-state index in [1.807, 2.05) is 6.07 Å². The average molecular weight is 569 g/mol. The summed E-state index contributed by atoms with van der Waals surface area (Å²) in [6, 6.07) is 10.1. The molecule has 0 saturated carbocycles. The fourth-order valence-electron chi connectivity index (χ4n) is 5.33. The molecule has 216 valence electrons. The third kappa shape index (κ3) is 5.61. The second-order valence-corrected chi connectivity index (χ2v) is 9.46. The number of carbonyl (C=O) groups is 2. The Kier molecular flexibility index (Phi) is 9.40. The Morgan fingerprint density at radius 1 is 1.07 bits per heavy atom. The second kappa shape index (κ2) is 12.2. The Morgan fingerprint density at radius 3 is 2.17 bits per heavy atom. The molecule has 7 nitrogen and oxygen atoms in total. The Bertz CT molecular complexity index is 1260. The standard InChI is InChI=1S/C28H29F5N2O5/c1-4-40-24(36)16-26(20(17-34)19-14-21(29)22(30)15-23(19)38-2)10-12-35(13-11-26)25(37)27(39-3,28(31,32)33)18-8-6-5-7-9-18/h5-9,14-15,20H,4,10-13,16H2,1-3H3/t20?,27-/m1/s1. The van der Waals surface area contributed by atoms with E-state index in [-0.39, 0.29) is 50.3 Å². The zero-order valence-corrected chi connectivity index (χ0v) is 22.2. The fourth-order valence-corrected chi connectivity index (χ4v) is 5.33. The maximum absolute atomic E-state index is 14.5. The first kappa shape index (κ1) is 30.8. The van der Waals surface area contributed by atoms with Gasteiger partial charge in [-0.15, -0.1) is 0 Å². The van der Waals surface area contributed by atoms with Gasteiger partial charge in [-0.25, -0.2) is 8.78 Å². The number of methoxy groups -OCH3 is 2. The molecule has 3 rings (SSSR count). The van der Waals surface area contributed by atoms with E-state index in [1.54, 1.807) is 6.92 Å². The van der Waals surface area contributed by atoms with E-state index < -0.39 is 52.2 Å². The van der Waals surface area contributed by atoms with Crippen LogP contribution in [-0.4, -0.2) is 56.9 Å². The molecule has 12 heteroatoms. The number of nitriles is 1. The van der Waals surface area contributed by atoms with Crippen molar-refractivity contribution in [2.45, 2.75) is 43.9 Å². The van der Waals surface area contributed by atoms with Crippen LogP contribution in [0, 0.1) is 28.4 Å². The molecule has 40 heavy (non-hydrogen) atoms. The van der Waals surface area contributed by atoms with Crippen LogP contribution in [0.1, 0.15) is 43.2 Å². The Hall–Kier alpha value is -3.72. The smallest absolute Gasteiger partial charge is 0.430 e. The van der Waals surface area contributed by atoms with Crippen molar-refractivity contribution < 1.29 is 45.8 Å². The van der Waals surface area contributed by atoms with Gasteiger partial charge in [-0.1, -0.05) is 30.3 Å². The third-order valence-electron chi connectivity index (χ3n) is 7.36. The Morgan fingerprint density at radius 2 is 1.68 bits per heavy atom. The molecule has 2 aromatic carbocycles. The number of amides is 1. The SMILES string of the molecule is CCOC(=O)CC1(C(C#N)c2cc(F)c(F)cc2OC)CCN(C(=O)[C@](OC)(c2ccccc2)C(F)(F)F)CC1. The molecule has 0 N–H and O–H groups in total. The van der Waals surface area contributed by atoms with Gasteiger partial charge in [0.25, 0.3) is 11.5 Å². The quantitative estimate of drug-likeness (QED) is 0.304. The molecule has 1 saturated heterocycles. The minimum Gasteiger partial charge on any atom is -0.496 e. The molecular formula is C28H29F5N2O5. The minimum atomic E-state index is -5.12. The highest BCUT2D eigenvalue weighted by atomic mass is 19.4. The lowest BCUT2D eigenvalue weighted by Crippen LogP contribution is -2.59. The van der Waals surface area contributed by atoms with Crippen LogP contribution in [0.25, 0.3) is 0 Å². The van der Waals surface area contributed by atoms with Gasteiger partial charge in [0, 0.05) is 42.8 Å². The van der Waals surface area contributed by atoms with E-state index in [1.165, 1.54) is 25.3 Å². The number of rotatable bonds is 9. The Balaban J connectivity index is 2.03. The van der Waals surface area contributed by atoms with Crippen LogP contribution >= 0.6 is 0 Å². The van der Waals surface area contributed by atoms with Gasteiger partial charge in [-0.3, -0.25) is 9.59 Å². The summed E-state index contributed by atoms with van der Waals surface area (Å²) in [4.78, 5) is 27.2. The molecule has 1 aliphatic heterocycles. The summed E-state index contributed by atoms with van der Waals surface area (Å²) in [7, 11) is 2.00. The summed E-state index contributed by atoms with van der Waals surface area (Å²) in [6.45, 7) is 1.05. The van der Waals surface area contributed by atoms with Crippen molar-refractivity contribution in [3.05, 3.63) is 65.2 Å². The first-order valence-corrected chi connectivity index (χ1v) is 12.5. The van der Waals surface area contributed by atoms with Crippen molar-refractivity contribution in [3.63, 3.8) is 0 Å². The van der Waals surface area contributed by atoms with Gasteiger partial charge < -0.3 is 19.1 Å². The topological polar surface area (TPSA) is 88.9 Å². The lowest BCUT2D eigenvalue weighted by atomic mass is 9.64. The van der Waals surface area contributed by atoms with Gasteiger partial charge in [-0.05, 0) is 25.8 Å². The van der Waals surface area contributed by atoms with Crippen LogP contribution in [-0.2, 0) is 24.7 Å². The van der Waals surface area contributed by atoms with Crippen molar-refractivity contribution in [2.75, 3.05) is 33.9 Å². The molecular weight excluding hydrogens is 539 g/mol. The number of likely N-dealkylation sites (tertiary alicyclic amines) is 1. The summed E-state index contributed by atoms with van der Waals surface area (Å²) >= 11 is 0. The fraction of sp³-hybridized carbons (Fsp3) is 0.464. The van der Waals surface area contributed by atoms with Crippen LogP contribution in [0.3, 0.4) is 0 Å². The molecule has 1 unspecified atom stereocenters. The largest absolute Gasteiger partial charge is 0.496 e. The molecule has 2 atom stereocenters. The number of ether oxygens (including phenoxy) is 3. The molecule has 2 aromatic rings. The molecule has 1 fully saturated rings. The monoisotopic (exact) mass is 568 g/mol. The van der Waals surface area contributed by atoms with E-state index in [2.05, 4.69) is 0 Å². The number of piperidine rings is 1. The number of hydrogen-bond acceptors (Lipinski definition) is 6. The highest BCUT2D eigenvalue weighted by Crippen LogP contribution is 2.51. The van der Waals surface area contributed by atoms with Gasteiger partial charge in [0.2, 0.25) is 0 Å². The van der Waals surface area contributed by atoms with Crippen molar-refractivity contribution in [1.29, 1.82) is 5.26 Å². The average Bonchev–Trinajstić information content (AvgIpc) is 2.92. The van der Waals surface area contributed by atoms with E-state index in [0.29, 0.717) is 0 Å². The van der Waals surface area contributed by atoms with Crippen LogP contribution in [0.4, 0.5) is 22.0 Å². The van der Waals surface area contributed by atoms with Crippen molar-refractivity contribution in [1.82, 2.24) is 4.90 Å². The molecule has 0 radical (unpaired) electrons. The first-order chi connectivity index (χ1) is 18.9. The van der Waals surface area contributed by atoms with Crippen LogP contribution in [0.2, 0.25) is 0 Å². The van der Waals surface area contributed by atoms with Gasteiger partial charge in [0.05, 0.1) is 32.1 Å². The van der Waals surface area contributed by atoms with E-state index in [0.717, 1.165) is 36.3 Å². The molecule has 1 heterocycles. The summed E-state index contributed by atoms with van der Waals surface area (Å²) in [6.07, 6.45) is -5.71. The molecule has 0 bridgehead atoms. The predicted molar refractivity (Wildman–Crippen MR) is 132 cm³/mol. The van der Waals surface area contributed by atoms with Gasteiger partial charge in [0.15, 0.2) is 11.6 Å². The maximum atomic E-state index is 14.5. The Labute approximate surface area is 228 Å². The van der Waals surface area contributed by atoms with Gasteiger partial charge in [0.1, 0.15) is 5.75 Å². The second-order valence-electron chi connectivity index (χ2n) is 9.46. The number of hydrogen-bond donors (Lipinski definition) is 0. The summed E-state index contributed by atoms with van der Waals surface area (Å²) in [5, 5.41) is 10.2. The summed E-state index contributed by atoms with van der Waals surface area (Å²) in [5.41, 5.74) is -5.01. The number of halogens is 5. The van der Waals surface area contributed by atoms with Gasteiger partial charge in [-0.2, -0.15) is 18.4 Å². The normalized spacial score (nSPS) is 17.3. The lowest BCUT2D eigenvalue weighted by molar-refractivity contribution is -0.271. The summed E-state index contributed by atoms with van der Waals surface area (Å²) < 4.78 is 86.8. The van der Waals surface area contributed by atoms with Crippen molar-refractivity contribution >= 4 is 11.9 Å². The highest BCUT2D eigenvalue weighted by Gasteiger charge is 2.64. The molecule has 0 spiro atoms. The predicted octanol–water partition coefficient (Wildman–Crippen LogP) is 5.25. The molecule has 0 aromatic heterocycles. The zero-order valence-electron chi connectivity index (χ0n) is 22.2. The molecule has 1 aliphatic rings. The summed E-state index contributed by atoms with van der Waals surface area (Å²) in [5.74, 6) is -5.86. The minimum absolute atomic E-state index is 0.0289. The highest BCUT2D eigenvalue weighted by molar-refractivity contribution is 5.88. The van der Waals surface area contributed by atoms with E-state index in [4.69, 9.17) is 14.2 Å². The lowest BCUT2D eigenvalue weighted by Gasteiger charge is -2.46. The molecule has 1 amide bonds. The number of esters is 1. The van der Waals surface area contributed by atoms with E-state index in [9.17, 15) is 36.8 Å².